The third-order valence-electron chi connectivity index (χ3n) is 4.51. The van der Waals surface area contributed by atoms with Crippen LogP contribution in [0.1, 0.15) is 10.5 Å². The van der Waals surface area contributed by atoms with Crippen molar-refractivity contribution in [1.82, 2.24) is 20.0 Å². The Labute approximate surface area is 166 Å². The number of furan rings is 1. The van der Waals surface area contributed by atoms with E-state index in [0.29, 0.717) is 54.0 Å². The molecule has 9 heteroatoms. The molecule has 1 aliphatic heterocycles. The molecule has 1 saturated heterocycles. The maximum absolute atomic E-state index is 12.7. The van der Waals surface area contributed by atoms with Gasteiger partial charge >= 0.3 is 6.03 Å². The maximum atomic E-state index is 12.7. The van der Waals surface area contributed by atoms with Gasteiger partial charge in [0.25, 0.3) is 5.91 Å². The van der Waals surface area contributed by atoms with Gasteiger partial charge in [0.2, 0.25) is 0 Å². The van der Waals surface area contributed by atoms with Gasteiger partial charge in [-0.25, -0.2) is 4.79 Å². The fourth-order valence-corrected chi connectivity index (χ4v) is 3.22. The van der Waals surface area contributed by atoms with Gasteiger partial charge in [-0.15, -0.1) is 0 Å². The molecule has 1 fully saturated rings. The van der Waals surface area contributed by atoms with Crippen LogP contribution in [0.25, 0.3) is 11.5 Å². The lowest BCUT2D eigenvalue weighted by atomic mass is 10.2. The van der Waals surface area contributed by atoms with Crippen LogP contribution in [0, 0.1) is 0 Å². The van der Waals surface area contributed by atoms with Gasteiger partial charge in [-0.1, -0.05) is 17.7 Å². The molecule has 4 rings (SSSR count). The second-order valence-electron chi connectivity index (χ2n) is 6.36. The summed E-state index contributed by atoms with van der Waals surface area (Å²) >= 11 is 5.94. The number of carbonyl (C=O) groups is 2. The first-order valence-electron chi connectivity index (χ1n) is 8.80. The molecule has 0 atom stereocenters. The minimum atomic E-state index is -0.214. The number of hydrogen-bond donors (Lipinski definition) is 2. The van der Waals surface area contributed by atoms with Crippen molar-refractivity contribution in [2.45, 2.75) is 0 Å². The number of hydrogen-bond acceptors (Lipinski definition) is 4. The normalized spacial score (nSPS) is 14.2. The number of carbonyl (C=O) groups excluding carboxylic acids is 2. The molecule has 1 aromatic carbocycles. The molecule has 0 bridgehead atoms. The Balaban J connectivity index is 1.33. The van der Waals surface area contributed by atoms with E-state index in [1.165, 1.54) is 0 Å². The summed E-state index contributed by atoms with van der Waals surface area (Å²) in [5.41, 5.74) is 1.61. The predicted octanol–water partition coefficient (Wildman–Crippen LogP) is 3.31. The minimum Gasteiger partial charge on any atom is -0.463 e. The number of H-pyrrole nitrogens is 1. The number of aromatic nitrogens is 2. The van der Waals surface area contributed by atoms with Crippen molar-refractivity contribution in [3.05, 3.63) is 59.4 Å². The number of urea groups is 1. The van der Waals surface area contributed by atoms with Gasteiger partial charge in [-0.3, -0.25) is 9.89 Å². The number of nitrogens with one attached hydrogen (secondary N) is 2. The molecule has 0 radical (unpaired) electrons. The van der Waals surface area contributed by atoms with Crippen molar-refractivity contribution in [3.63, 3.8) is 0 Å². The molecule has 1 aliphatic rings. The Morgan fingerprint density at radius 2 is 1.86 bits per heavy atom. The van der Waals surface area contributed by atoms with Gasteiger partial charge in [0.05, 0.1) is 6.26 Å². The zero-order chi connectivity index (χ0) is 19.5. The molecule has 0 aliphatic carbocycles. The van der Waals surface area contributed by atoms with E-state index >= 15 is 0 Å². The molecule has 3 amide bonds. The monoisotopic (exact) mass is 399 g/mol. The van der Waals surface area contributed by atoms with E-state index in [1.54, 1.807) is 58.5 Å². The number of aromatic amines is 1. The molecule has 8 nitrogen and oxygen atoms in total. The van der Waals surface area contributed by atoms with E-state index in [4.69, 9.17) is 16.0 Å². The highest BCUT2D eigenvalue weighted by atomic mass is 35.5. The molecular formula is C19H18ClN5O3. The predicted molar refractivity (Wildman–Crippen MR) is 104 cm³/mol. The Kier molecular flexibility index (Phi) is 5.03. The zero-order valence-corrected chi connectivity index (χ0v) is 15.6. The Morgan fingerprint density at radius 3 is 2.57 bits per heavy atom. The molecule has 2 N–H and O–H groups in total. The van der Waals surface area contributed by atoms with E-state index in [2.05, 4.69) is 15.5 Å². The summed E-state index contributed by atoms with van der Waals surface area (Å²) < 4.78 is 5.30. The van der Waals surface area contributed by atoms with Crippen molar-refractivity contribution in [2.24, 2.45) is 0 Å². The second kappa shape index (κ2) is 7.77. The van der Waals surface area contributed by atoms with Crippen LogP contribution >= 0.6 is 11.6 Å². The number of halogens is 1. The third kappa shape index (κ3) is 3.86. The van der Waals surface area contributed by atoms with Crippen LogP contribution in [0.3, 0.4) is 0 Å². The molecule has 2 aromatic heterocycles. The Bertz CT molecular complexity index is 977. The van der Waals surface area contributed by atoms with Crippen molar-refractivity contribution in [3.8, 4) is 11.5 Å². The summed E-state index contributed by atoms with van der Waals surface area (Å²) in [4.78, 5) is 28.4. The van der Waals surface area contributed by atoms with Gasteiger partial charge in [0.15, 0.2) is 11.5 Å². The van der Waals surface area contributed by atoms with Gasteiger partial charge in [-0.2, -0.15) is 5.10 Å². The topological polar surface area (TPSA) is 94.5 Å². The summed E-state index contributed by atoms with van der Waals surface area (Å²) in [5, 5.41) is 10.3. The molecule has 3 heterocycles. The highest BCUT2D eigenvalue weighted by Gasteiger charge is 2.26. The number of piperazine rings is 1. The Morgan fingerprint density at radius 1 is 1.07 bits per heavy atom. The van der Waals surface area contributed by atoms with Crippen molar-refractivity contribution in [1.29, 1.82) is 0 Å². The lowest BCUT2D eigenvalue weighted by molar-refractivity contribution is 0.0666. The van der Waals surface area contributed by atoms with E-state index in [0.717, 1.165) is 0 Å². The summed E-state index contributed by atoms with van der Waals surface area (Å²) in [5.74, 6) is 0.443. The highest BCUT2D eigenvalue weighted by Crippen LogP contribution is 2.19. The number of amides is 3. The summed E-state index contributed by atoms with van der Waals surface area (Å²) in [6.07, 6.45) is 1.56. The van der Waals surface area contributed by atoms with Crippen molar-refractivity contribution < 1.29 is 14.0 Å². The third-order valence-corrected chi connectivity index (χ3v) is 4.75. The molecule has 144 valence electrons. The summed E-state index contributed by atoms with van der Waals surface area (Å²) in [6, 6.07) is 12.0. The van der Waals surface area contributed by atoms with Gasteiger partial charge in [0.1, 0.15) is 5.69 Å². The minimum absolute atomic E-state index is 0.177. The van der Waals surface area contributed by atoms with E-state index in [9.17, 15) is 9.59 Å². The molecule has 0 unspecified atom stereocenters. The average Bonchev–Trinajstić information content (AvgIpc) is 3.39. The van der Waals surface area contributed by atoms with Crippen LogP contribution in [0.15, 0.2) is 53.1 Å². The van der Waals surface area contributed by atoms with Crippen LogP contribution in [-0.4, -0.2) is 58.1 Å². The van der Waals surface area contributed by atoms with Crippen molar-refractivity contribution >= 4 is 29.2 Å². The largest absolute Gasteiger partial charge is 0.463 e. The van der Waals surface area contributed by atoms with Crippen LogP contribution in [-0.2, 0) is 0 Å². The maximum Gasteiger partial charge on any atom is 0.321 e. The van der Waals surface area contributed by atoms with Crippen LogP contribution in [0.2, 0.25) is 5.02 Å². The second-order valence-corrected chi connectivity index (χ2v) is 6.80. The van der Waals surface area contributed by atoms with Gasteiger partial charge in [0, 0.05) is 43.0 Å². The fourth-order valence-electron chi connectivity index (χ4n) is 3.03. The SMILES string of the molecule is O=C(Nc1cccc(Cl)c1)N1CCN(C(=O)c2cc(-c3ccco3)[nH]n2)CC1. The number of rotatable bonds is 3. The van der Waals surface area contributed by atoms with Gasteiger partial charge in [-0.05, 0) is 30.3 Å². The van der Waals surface area contributed by atoms with E-state index in [1.807, 2.05) is 0 Å². The first-order chi connectivity index (χ1) is 13.6. The van der Waals surface area contributed by atoms with Crippen LogP contribution in [0.5, 0.6) is 0 Å². The number of benzene rings is 1. The number of anilines is 1. The van der Waals surface area contributed by atoms with Crippen LogP contribution in [0.4, 0.5) is 10.5 Å². The molecule has 28 heavy (non-hydrogen) atoms. The highest BCUT2D eigenvalue weighted by molar-refractivity contribution is 6.30. The lowest BCUT2D eigenvalue weighted by Crippen LogP contribution is -2.51. The number of nitrogens with zero attached hydrogens (tertiary/aromatic N) is 3. The zero-order valence-electron chi connectivity index (χ0n) is 14.9. The first kappa shape index (κ1) is 18.1. The van der Waals surface area contributed by atoms with E-state index < -0.39 is 0 Å². The summed E-state index contributed by atoms with van der Waals surface area (Å²) in [7, 11) is 0. The standard InChI is InChI=1S/C19H18ClN5O3/c20-13-3-1-4-14(11-13)21-19(27)25-8-6-24(7-9-25)18(26)16-12-15(22-23-16)17-5-2-10-28-17/h1-5,10-12H,6-9H2,(H,21,27)(H,22,23). The smallest absolute Gasteiger partial charge is 0.321 e. The van der Waals surface area contributed by atoms with Crippen LogP contribution < -0.4 is 5.32 Å². The molecule has 3 aromatic rings. The van der Waals surface area contributed by atoms with Crippen molar-refractivity contribution in [2.75, 3.05) is 31.5 Å². The fraction of sp³-hybridized carbons (Fsp3) is 0.211. The summed E-state index contributed by atoms with van der Waals surface area (Å²) in [6.45, 7) is 1.75. The quantitative estimate of drug-likeness (QED) is 0.706. The first-order valence-corrected chi connectivity index (χ1v) is 9.18. The molecule has 0 spiro atoms. The molecular weight excluding hydrogens is 382 g/mol. The van der Waals surface area contributed by atoms with Gasteiger partial charge < -0.3 is 19.5 Å². The van der Waals surface area contributed by atoms with E-state index in [-0.39, 0.29) is 11.9 Å². The lowest BCUT2D eigenvalue weighted by Gasteiger charge is -2.34. The Hall–Kier alpha value is -3.26. The average molecular weight is 400 g/mol. The molecule has 0 saturated carbocycles.